The van der Waals surface area contributed by atoms with Crippen molar-refractivity contribution in [3.05, 3.63) is 57.8 Å². The molecular weight excluding hydrogens is 343 g/mol. The van der Waals surface area contributed by atoms with Crippen molar-refractivity contribution in [2.45, 2.75) is 10.6 Å². The van der Waals surface area contributed by atoms with Crippen molar-refractivity contribution >= 4 is 32.4 Å². The summed E-state index contributed by atoms with van der Waals surface area (Å²) in [5.41, 5.74) is 6.83. The molecule has 1 unspecified atom stereocenters. The normalized spacial score (nSPS) is 11.8. The number of rotatable bonds is 3. The van der Waals surface area contributed by atoms with E-state index in [9.17, 15) is 8.60 Å². The van der Waals surface area contributed by atoms with E-state index in [1.807, 2.05) is 0 Å². The highest BCUT2D eigenvalue weighted by Crippen LogP contribution is 2.23. The number of nitrogen functional groups attached to an aromatic ring is 1. The van der Waals surface area contributed by atoms with Crippen LogP contribution in [0.3, 0.4) is 0 Å². The monoisotopic (exact) mass is 352 g/mol. The lowest BCUT2D eigenvalue weighted by Crippen LogP contribution is -2.01. The van der Waals surface area contributed by atoms with E-state index in [-0.39, 0.29) is 11.3 Å². The van der Waals surface area contributed by atoms with Gasteiger partial charge in [-0.15, -0.1) is 0 Å². The first-order chi connectivity index (χ1) is 9.51. The van der Waals surface area contributed by atoms with Gasteiger partial charge in [-0.2, -0.15) is 5.26 Å². The highest BCUT2D eigenvalue weighted by Gasteiger charge is 2.11. The smallest absolute Gasteiger partial charge is 0.140 e. The highest BCUT2D eigenvalue weighted by atomic mass is 79.9. The number of hydrogen-bond acceptors (Lipinski definition) is 3. The van der Waals surface area contributed by atoms with Crippen molar-refractivity contribution in [2.24, 2.45) is 0 Å². The highest BCUT2D eigenvalue weighted by molar-refractivity contribution is 9.10. The van der Waals surface area contributed by atoms with Crippen molar-refractivity contribution in [1.82, 2.24) is 0 Å². The Bertz CT molecular complexity index is 728. The summed E-state index contributed by atoms with van der Waals surface area (Å²) < 4.78 is 26.3. The maximum Gasteiger partial charge on any atom is 0.140 e. The molecule has 0 fully saturated rings. The second-order valence-electron chi connectivity index (χ2n) is 4.10. The molecule has 0 saturated carbocycles. The van der Waals surface area contributed by atoms with Crippen LogP contribution in [0.2, 0.25) is 0 Å². The largest absolute Gasteiger partial charge is 0.398 e. The van der Waals surface area contributed by atoms with E-state index in [1.165, 1.54) is 18.2 Å². The van der Waals surface area contributed by atoms with Crippen molar-refractivity contribution in [1.29, 1.82) is 5.26 Å². The molecule has 0 heterocycles. The third-order valence-corrected chi connectivity index (χ3v) is 4.62. The fourth-order valence-corrected chi connectivity index (χ4v) is 3.26. The number of nitrogens with two attached hydrogens (primary N) is 1. The van der Waals surface area contributed by atoms with Crippen LogP contribution < -0.4 is 5.73 Å². The zero-order chi connectivity index (χ0) is 14.7. The van der Waals surface area contributed by atoms with Crippen LogP contribution in [0.1, 0.15) is 11.1 Å². The number of halogens is 2. The van der Waals surface area contributed by atoms with Gasteiger partial charge in [0.05, 0.1) is 27.0 Å². The molecule has 2 rings (SSSR count). The zero-order valence-electron chi connectivity index (χ0n) is 10.3. The molecule has 6 heteroatoms. The van der Waals surface area contributed by atoms with E-state index in [4.69, 9.17) is 11.0 Å². The lowest BCUT2D eigenvalue weighted by atomic mass is 10.1. The molecule has 2 aromatic carbocycles. The SMILES string of the molecule is N#Cc1cc(CS(=O)c2ccc(Br)cc2N)ccc1F. The first kappa shape index (κ1) is 14.7. The Morgan fingerprint density at radius 3 is 2.70 bits per heavy atom. The summed E-state index contributed by atoms with van der Waals surface area (Å²) in [5, 5.41) is 8.78. The second-order valence-corrected chi connectivity index (χ2v) is 6.43. The van der Waals surface area contributed by atoms with Gasteiger partial charge in [-0.3, -0.25) is 4.21 Å². The van der Waals surface area contributed by atoms with Crippen molar-refractivity contribution in [2.75, 3.05) is 5.73 Å². The zero-order valence-corrected chi connectivity index (χ0v) is 12.7. The summed E-state index contributed by atoms with van der Waals surface area (Å²) in [5.74, 6) is -0.397. The topological polar surface area (TPSA) is 66.9 Å². The molecule has 0 aliphatic carbocycles. The van der Waals surface area contributed by atoms with Crippen LogP contribution in [0.4, 0.5) is 10.1 Å². The van der Waals surface area contributed by atoms with E-state index in [2.05, 4.69) is 15.9 Å². The Hall–Kier alpha value is -1.71. The summed E-state index contributed by atoms with van der Waals surface area (Å²) in [6.45, 7) is 0. The fourth-order valence-electron chi connectivity index (χ4n) is 1.70. The molecule has 20 heavy (non-hydrogen) atoms. The quantitative estimate of drug-likeness (QED) is 0.861. The van der Waals surface area contributed by atoms with E-state index in [0.717, 1.165) is 4.47 Å². The van der Waals surface area contributed by atoms with Gasteiger partial charge in [-0.05, 0) is 35.9 Å². The van der Waals surface area contributed by atoms with E-state index in [1.54, 1.807) is 24.3 Å². The van der Waals surface area contributed by atoms with E-state index < -0.39 is 16.6 Å². The number of nitrogens with zero attached hydrogens (tertiary/aromatic N) is 1. The fraction of sp³-hybridized carbons (Fsp3) is 0.0714. The Kier molecular flexibility index (Phi) is 4.53. The maximum atomic E-state index is 13.2. The lowest BCUT2D eigenvalue weighted by Gasteiger charge is -2.07. The molecule has 2 aromatic rings. The summed E-state index contributed by atoms with van der Waals surface area (Å²) in [4.78, 5) is 0.524. The van der Waals surface area contributed by atoms with Gasteiger partial charge in [-0.25, -0.2) is 4.39 Å². The average molecular weight is 353 g/mol. The van der Waals surface area contributed by atoms with Crippen molar-refractivity contribution in [3.8, 4) is 6.07 Å². The van der Waals surface area contributed by atoms with Gasteiger partial charge in [0.1, 0.15) is 11.9 Å². The minimum Gasteiger partial charge on any atom is -0.398 e. The van der Waals surface area contributed by atoms with Gasteiger partial charge in [0.2, 0.25) is 0 Å². The number of nitriles is 1. The summed E-state index contributed by atoms with van der Waals surface area (Å²) in [7, 11) is -1.35. The number of benzene rings is 2. The molecule has 2 N–H and O–H groups in total. The molecule has 0 saturated heterocycles. The van der Waals surface area contributed by atoms with Gasteiger partial charge in [0.25, 0.3) is 0 Å². The van der Waals surface area contributed by atoms with Gasteiger partial charge < -0.3 is 5.73 Å². The summed E-state index contributed by atoms with van der Waals surface area (Å²) in [6, 6.07) is 11.0. The Morgan fingerprint density at radius 1 is 1.30 bits per heavy atom. The van der Waals surface area contributed by atoms with Gasteiger partial charge in [0.15, 0.2) is 0 Å². The standard InChI is InChI=1S/C14H10BrFN2OS/c15-11-2-4-14(13(18)6-11)20(19)8-9-1-3-12(16)10(5-9)7-17/h1-6H,8,18H2. The molecule has 0 spiro atoms. The van der Waals surface area contributed by atoms with Crippen LogP contribution in [-0.2, 0) is 16.6 Å². The van der Waals surface area contributed by atoms with Crippen LogP contribution in [0, 0.1) is 17.1 Å². The maximum absolute atomic E-state index is 13.2. The predicted molar refractivity (Wildman–Crippen MR) is 79.8 cm³/mol. The van der Waals surface area contributed by atoms with Crippen LogP contribution >= 0.6 is 15.9 Å². The third-order valence-electron chi connectivity index (χ3n) is 2.67. The van der Waals surface area contributed by atoms with E-state index in [0.29, 0.717) is 16.1 Å². The molecule has 0 amide bonds. The Balaban J connectivity index is 2.26. The van der Waals surface area contributed by atoms with Crippen LogP contribution in [0.15, 0.2) is 45.8 Å². The minimum absolute atomic E-state index is 0.0525. The van der Waals surface area contributed by atoms with Crippen LogP contribution in [-0.4, -0.2) is 4.21 Å². The van der Waals surface area contributed by atoms with Gasteiger partial charge >= 0.3 is 0 Å². The van der Waals surface area contributed by atoms with Gasteiger partial charge in [-0.1, -0.05) is 22.0 Å². The molecule has 0 aliphatic rings. The molecule has 0 aliphatic heterocycles. The average Bonchev–Trinajstić information content (AvgIpc) is 2.40. The Morgan fingerprint density at radius 2 is 2.05 bits per heavy atom. The molecule has 3 nitrogen and oxygen atoms in total. The third kappa shape index (κ3) is 3.24. The minimum atomic E-state index is -1.35. The van der Waals surface area contributed by atoms with Crippen LogP contribution in [0.25, 0.3) is 0 Å². The number of anilines is 1. The molecular formula is C14H10BrFN2OS. The summed E-state index contributed by atoms with van der Waals surface area (Å²) >= 11 is 3.28. The second kappa shape index (κ2) is 6.16. The lowest BCUT2D eigenvalue weighted by molar-refractivity contribution is 0.623. The molecule has 102 valence electrons. The van der Waals surface area contributed by atoms with Crippen LogP contribution in [0.5, 0.6) is 0 Å². The first-order valence-corrected chi connectivity index (χ1v) is 7.74. The number of hydrogen-bond donors (Lipinski definition) is 1. The molecule has 0 aromatic heterocycles. The summed E-state index contributed by atoms with van der Waals surface area (Å²) in [6.07, 6.45) is 0. The predicted octanol–water partition coefficient (Wildman–Crippen LogP) is 3.35. The van der Waals surface area contributed by atoms with Crippen molar-refractivity contribution in [3.63, 3.8) is 0 Å². The Labute approximate surface area is 126 Å². The molecule has 1 atom stereocenters. The van der Waals surface area contributed by atoms with Crippen molar-refractivity contribution < 1.29 is 8.60 Å². The molecule has 0 radical (unpaired) electrons. The molecule has 0 bridgehead atoms. The van der Waals surface area contributed by atoms with Gasteiger partial charge in [0, 0.05) is 10.2 Å². The first-order valence-electron chi connectivity index (χ1n) is 5.63. The van der Waals surface area contributed by atoms with E-state index >= 15 is 0 Å².